The van der Waals surface area contributed by atoms with Gasteiger partial charge >= 0.3 is 5.69 Å². The normalized spacial score (nSPS) is 14.8. The molecule has 1 aliphatic rings. The van der Waals surface area contributed by atoms with Gasteiger partial charge in [0.1, 0.15) is 11.8 Å². The van der Waals surface area contributed by atoms with Crippen molar-refractivity contribution in [1.82, 2.24) is 9.97 Å². The number of imidazole rings is 1. The number of aliphatic hydroxyl groups is 1. The third-order valence-electron chi connectivity index (χ3n) is 4.15. The lowest BCUT2D eigenvalue weighted by molar-refractivity contribution is 0.110. The molecule has 3 aromatic rings. The lowest BCUT2D eigenvalue weighted by Crippen LogP contribution is -2.05. The highest BCUT2D eigenvalue weighted by atomic mass is 16.7. The number of aliphatic hydroxyl groups excluding tert-OH is 1. The van der Waals surface area contributed by atoms with Crippen LogP contribution in [0.2, 0.25) is 0 Å². The van der Waals surface area contributed by atoms with Crippen LogP contribution in [0.4, 0.5) is 0 Å². The molecule has 0 spiro atoms. The Morgan fingerprint density at radius 3 is 2.08 bits per heavy atom. The number of aromatic amines is 2. The molecule has 0 radical (unpaired) electrons. The molecule has 1 unspecified atom stereocenters. The first-order valence-corrected chi connectivity index (χ1v) is 7.98. The summed E-state index contributed by atoms with van der Waals surface area (Å²) in [4.78, 5) is 15.8. The number of ether oxygens (including phenoxy) is 2. The first-order valence-electron chi connectivity index (χ1n) is 7.98. The van der Waals surface area contributed by atoms with Gasteiger partial charge in [-0.15, -0.1) is 0 Å². The number of rotatable bonds is 4. The smallest absolute Gasteiger partial charge is 0.326 e. The molecule has 4 rings (SSSR count). The minimum absolute atomic E-state index is 0.0207. The van der Waals surface area contributed by atoms with E-state index in [4.69, 9.17) is 9.47 Å². The molecule has 0 saturated carbocycles. The summed E-state index contributed by atoms with van der Waals surface area (Å²) in [6, 6.07) is 16.6. The lowest BCUT2D eigenvalue weighted by atomic mass is 10.0. The van der Waals surface area contributed by atoms with Crippen LogP contribution in [0.25, 0.3) is 11.5 Å². The molecular weight excluding hydrogens is 336 g/mol. The molecule has 1 atom stereocenters. The molecule has 2 aromatic carbocycles. The second-order valence-electron chi connectivity index (χ2n) is 5.80. The molecule has 0 amide bonds. The quantitative estimate of drug-likeness (QED) is 0.576. The van der Waals surface area contributed by atoms with Crippen LogP contribution in [-0.2, 0) is 9.47 Å². The Hall–Kier alpha value is -3.45. The predicted molar refractivity (Wildman–Crippen MR) is 93.9 cm³/mol. The molecule has 132 valence electrons. The average Bonchev–Trinajstić information content (AvgIpc) is 3.28. The van der Waals surface area contributed by atoms with E-state index in [9.17, 15) is 15.0 Å². The van der Waals surface area contributed by atoms with Gasteiger partial charge < -0.3 is 24.7 Å². The van der Waals surface area contributed by atoms with Crippen molar-refractivity contribution < 1.29 is 19.7 Å². The Kier molecular flexibility index (Phi) is 3.98. The van der Waals surface area contributed by atoms with E-state index in [1.54, 1.807) is 24.3 Å². The van der Waals surface area contributed by atoms with Crippen LogP contribution in [0.5, 0.6) is 5.88 Å². The fourth-order valence-electron chi connectivity index (χ4n) is 2.87. The summed E-state index contributed by atoms with van der Waals surface area (Å²) < 4.78 is 11.2. The van der Waals surface area contributed by atoms with Gasteiger partial charge in [-0.3, -0.25) is 4.98 Å². The van der Waals surface area contributed by atoms with E-state index >= 15 is 0 Å². The van der Waals surface area contributed by atoms with Gasteiger partial charge in [-0.2, -0.15) is 0 Å². The topological polar surface area (TPSA) is 108 Å². The monoisotopic (exact) mass is 352 g/mol. The summed E-state index contributed by atoms with van der Waals surface area (Å²) in [6.45, 7) is 0.141. The number of hydrogen-bond acceptors (Lipinski definition) is 5. The third-order valence-corrected chi connectivity index (χ3v) is 4.15. The van der Waals surface area contributed by atoms with Gasteiger partial charge in [0.25, 0.3) is 0 Å². The largest absolute Gasteiger partial charge is 0.493 e. The van der Waals surface area contributed by atoms with Crippen LogP contribution >= 0.6 is 0 Å². The van der Waals surface area contributed by atoms with Crippen molar-refractivity contribution in [3.05, 3.63) is 87.5 Å². The number of aromatic nitrogens is 2. The second-order valence-corrected chi connectivity index (χ2v) is 5.80. The molecule has 1 aliphatic heterocycles. The van der Waals surface area contributed by atoms with Crippen LogP contribution in [0, 0.1) is 0 Å². The SMILES string of the molecule is O=c1[nH]c(O)c(C(O)c2ccc(C3=C(c4ccccc4)OCO3)cc2)[nH]1. The van der Waals surface area contributed by atoms with E-state index in [0.29, 0.717) is 17.1 Å². The number of aromatic hydroxyl groups is 1. The van der Waals surface area contributed by atoms with E-state index in [1.807, 2.05) is 30.3 Å². The number of H-pyrrole nitrogens is 2. The molecule has 0 bridgehead atoms. The van der Waals surface area contributed by atoms with Gasteiger partial charge in [0, 0.05) is 11.1 Å². The van der Waals surface area contributed by atoms with E-state index in [-0.39, 0.29) is 18.4 Å². The van der Waals surface area contributed by atoms with Crippen LogP contribution < -0.4 is 5.69 Å². The summed E-state index contributed by atoms with van der Waals surface area (Å²) in [7, 11) is 0. The Morgan fingerprint density at radius 2 is 1.50 bits per heavy atom. The fraction of sp³-hybridized carbons (Fsp3) is 0.105. The maximum absolute atomic E-state index is 11.2. The van der Waals surface area contributed by atoms with Crippen LogP contribution in [-0.4, -0.2) is 27.0 Å². The van der Waals surface area contributed by atoms with Crippen molar-refractivity contribution in [3.63, 3.8) is 0 Å². The van der Waals surface area contributed by atoms with Gasteiger partial charge in [0.15, 0.2) is 11.5 Å². The molecule has 2 heterocycles. The zero-order chi connectivity index (χ0) is 18.1. The summed E-state index contributed by atoms with van der Waals surface area (Å²) in [6.07, 6.45) is -1.16. The first-order chi connectivity index (χ1) is 12.6. The standard InChI is InChI=1S/C19H16N2O5/c22-15(14-18(23)21-19(24)20-14)11-6-8-13(9-7-11)17-16(25-10-26-17)12-4-2-1-3-5-12/h1-9,15,22-23H,10H2,(H2,20,21,24). The van der Waals surface area contributed by atoms with Crippen LogP contribution in [0.15, 0.2) is 59.4 Å². The number of nitrogens with one attached hydrogen (secondary N) is 2. The van der Waals surface area contributed by atoms with E-state index in [2.05, 4.69) is 9.97 Å². The maximum Gasteiger partial charge on any atom is 0.326 e. The fourth-order valence-corrected chi connectivity index (χ4v) is 2.87. The van der Waals surface area contributed by atoms with E-state index in [1.165, 1.54) is 0 Å². The highest BCUT2D eigenvalue weighted by Crippen LogP contribution is 2.34. The molecule has 4 N–H and O–H groups in total. The Bertz CT molecular complexity index is 1000. The van der Waals surface area contributed by atoms with Gasteiger partial charge in [-0.05, 0) is 5.56 Å². The van der Waals surface area contributed by atoms with Gasteiger partial charge in [-0.1, -0.05) is 54.6 Å². The summed E-state index contributed by atoms with van der Waals surface area (Å²) in [5.74, 6) is 0.898. The van der Waals surface area contributed by atoms with Gasteiger partial charge in [-0.25, -0.2) is 4.79 Å². The molecule has 7 heteroatoms. The Labute approximate surface area is 148 Å². The minimum atomic E-state index is -1.16. The average molecular weight is 352 g/mol. The molecule has 7 nitrogen and oxygen atoms in total. The summed E-state index contributed by atoms with van der Waals surface area (Å²) in [5, 5.41) is 20.0. The van der Waals surface area contributed by atoms with Crippen LogP contribution in [0.1, 0.15) is 28.5 Å². The summed E-state index contributed by atoms with van der Waals surface area (Å²) >= 11 is 0. The van der Waals surface area contributed by atoms with E-state index in [0.717, 1.165) is 11.1 Å². The Balaban J connectivity index is 1.65. The molecule has 26 heavy (non-hydrogen) atoms. The van der Waals surface area contributed by atoms with Crippen molar-refractivity contribution in [2.75, 3.05) is 6.79 Å². The number of benzene rings is 2. The van der Waals surface area contributed by atoms with Gasteiger partial charge in [0.05, 0.1) is 0 Å². The third kappa shape index (κ3) is 2.84. The molecule has 0 aliphatic carbocycles. The maximum atomic E-state index is 11.2. The molecule has 0 fully saturated rings. The highest BCUT2D eigenvalue weighted by Gasteiger charge is 2.22. The Morgan fingerprint density at radius 1 is 0.885 bits per heavy atom. The van der Waals surface area contributed by atoms with Crippen molar-refractivity contribution in [2.24, 2.45) is 0 Å². The minimum Gasteiger partial charge on any atom is -0.493 e. The lowest BCUT2D eigenvalue weighted by Gasteiger charge is -2.11. The molecular formula is C19H16N2O5. The first kappa shape index (κ1) is 16.0. The van der Waals surface area contributed by atoms with E-state index < -0.39 is 11.8 Å². The van der Waals surface area contributed by atoms with Gasteiger partial charge in [0.2, 0.25) is 12.7 Å². The number of hydrogen-bond donors (Lipinski definition) is 4. The van der Waals surface area contributed by atoms with Crippen molar-refractivity contribution in [3.8, 4) is 5.88 Å². The predicted octanol–water partition coefficient (Wildman–Crippen LogP) is 2.32. The second kappa shape index (κ2) is 6.45. The zero-order valence-corrected chi connectivity index (χ0v) is 13.6. The van der Waals surface area contributed by atoms with Crippen molar-refractivity contribution in [1.29, 1.82) is 0 Å². The molecule has 1 aromatic heterocycles. The summed E-state index contributed by atoms with van der Waals surface area (Å²) in [5.41, 5.74) is 1.66. The highest BCUT2D eigenvalue weighted by molar-refractivity contribution is 5.85. The van der Waals surface area contributed by atoms with Crippen molar-refractivity contribution in [2.45, 2.75) is 6.10 Å². The van der Waals surface area contributed by atoms with Crippen molar-refractivity contribution >= 4 is 11.5 Å². The van der Waals surface area contributed by atoms with Crippen LogP contribution in [0.3, 0.4) is 0 Å². The molecule has 0 saturated heterocycles. The zero-order valence-electron chi connectivity index (χ0n) is 13.6.